The molecule has 0 atom stereocenters. The summed E-state index contributed by atoms with van der Waals surface area (Å²) in [5.74, 6) is -0.0637. The molecular weight excluding hydrogens is 355 g/mol. The van der Waals surface area contributed by atoms with Crippen molar-refractivity contribution in [2.45, 2.75) is 32.6 Å². The molecule has 1 saturated heterocycles. The molecule has 5 heteroatoms. The highest BCUT2D eigenvalue weighted by Crippen LogP contribution is 2.12. The van der Waals surface area contributed by atoms with E-state index in [1.54, 1.807) is 6.07 Å². The van der Waals surface area contributed by atoms with E-state index < -0.39 is 0 Å². The molecule has 3 rings (SSSR count). The molecule has 1 aliphatic heterocycles. The zero-order valence-electron chi connectivity index (χ0n) is 16.4. The van der Waals surface area contributed by atoms with Crippen molar-refractivity contribution in [2.75, 3.05) is 26.2 Å². The summed E-state index contributed by atoms with van der Waals surface area (Å²) in [5, 5.41) is 0. The van der Waals surface area contributed by atoms with E-state index in [1.165, 1.54) is 23.3 Å². The summed E-state index contributed by atoms with van der Waals surface area (Å²) in [7, 11) is 0. The van der Waals surface area contributed by atoms with E-state index in [1.807, 2.05) is 22.8 Å². The van der Waals surface area contributed by atoms with Crippen molar-refractivity contribution in [3.05, 3.63) is 71.0 Å². The van der Waals surface area contributed by atoms with Crippen molar-refractivity contribution in [1.82, 2.24) is 9.80 Å². The molecule has 148 valence electrons. The average Bonchev–Trinajstić information content (AvgIpc) is 2.71. The highest BCUT2D eigenvalue weighted by molar-refractivity contribution is 5.78. The third kappa shape index (κ3) is 5.65. The van der Waals surface area contributed by atoms with Gasteiger partial charge in [0.25, 0.3) is 0 Å². The first-order chi connectivity index (χ1) is 13.5. The average molecular weight is 382 g/mol. The minimum absolute atomic E-state index is 0.0658. The van der Waals surface area contributed by atoms with Crippen LogP contribution in [0.4, 0.5) is 4.39 Å². The Kier molecular flexibility index (Phi) is 6.80. The van der Waals surface area contributed by atoms with E-state index in [0.29, 0.717) is 45.4 Å². The van der Waals surface area contributed by atoms with E-state index in [0.717, 1.165) is 12.0 Å². The number of carbonyl (C=O) groups is 2. The molecule has 2 aromatic carbocycles. The van der Waals surface area contributed by atoms with Crippen LogP contribution in [0.2, 0.25) is 0 Å². The van der Waals surface area contributed by atoms with Gasteiger partial charge in [-0.25, -0.2) is 4.39 Å². The number of rotatable bonds is 6. The Morgan fingerprint density at radius 2 is 1.36 bits per heavy atom. The van der Waals surface area contributed by atoms with Crippen molar-refractivity contribution in [2.24, 2.45) is 0 Å². The molecule has 28 heavy (non-hydrogen) atoms. The van der Waals surface area contributed by atoms with Crippen LogP contribution in [-0.4, -0.2) is 47.8 Å². The van der Waals surface area contributed by atoms with Gasteiger partial charge in [0.1, 0.15) is 5.82 Å². The van der Waals surface area contributed by atoms with Crippen LogP contribution in [0.1, 0.15) is 29.5 Å². The van der Waals surface area contributed by atoms with Crippen LogP contribution < -0.4 is 0 Å². The van der Waals surface area contributed by atoms with Crippen LogP contribution in [-0.2, 0) is 22.4 Å². The topological polar surface area (TPSA) is 40.6 Å². The summed E-state index contributed by atoms with van der Waals surface area (Å²) in [6.45, 7) is 4.35. The monoisotopic (exact) mass is 382 g/mol. The lowest BCUT2D eigenvalue weighted by atomic mass is 10.1. The summed E-state index contributed by atoms with van der Waals surface area (Å²) < 4.78 is 13.2. The van der Waals surface area contributed by atoms with Crippen molar-refractivity contribution in [3.8, 4) is 0 Å². The highest BCUT2D eigenvalue weighted by Gasteiger charge is 2.23. The van der Waals surface area contributed by atoms with Crippen LogP contribution in [0.5, 0.6) is 0 Å². The van der Waals surface area contributed by atoms with Gasteiger partial charge in [-0.2, -0.15) is 0 Å². The van der Waals surface area contributed by atoms with Gasteiger partial charge in [0, 0.05) is 39.0 Å². The molecule has 0 N–H and O–H groups in total. The van der Waals surface area contributed by atoms with Crippen LogP contribution in [0.15, 0.2) is 48.5 Å². The zero-order chi connectivity index (χ0) is 19.9. The second-order valence-electron chi connectivity index (χ2n) is 7.38. The highest BCUT2D eigenvalue weighted by atomic mass is 19.1. The van der Waals surface area contributed by atoms with Crippen LogP contribution >= 0.6 is 0 Å². The third-order valence-electron chi connectivity index (χ3n) is 5.25. The summed E-state index contributed by atoms with van der Waals surface area (Å²) in [5.41, 5.74) is 3.22. The lowest BCUT2D eigenvalue weighted by molar-refractivity contribution is -0.139. The van der Waals surface area contributed by atoms with Gasteiger partial charge < -0.3 is 9.80 Å². The van der Waals surface area contributed by atoms with Gasteiger partial charge in [0.15, 0.2) is 0 Å². The van der Waals surface area contributed by atoms with Crippen molar-refractivity contribution >= 4 is 11.8 Å². The summed E-state index contributed by atoms with van der Waals surface area (Å²) in [6.07, 6.45) is 2.14. The number of amides is 2. The van der Waals surface area contributed by atoms with E-state index >= 15 is 0 Å². The normalized spacial score (nSPS) is 14.2. The standard InChI is InChI=1S/C23H27FN2O2/c1-18-5-7-19(8-6-18)9-11-22(27)25-13-15-26(16-14-25)23(28)12-10-20-3-2-4-21(24)17-20/h2-8,17H,9-16H2,1H3. The van der Waals surface area contributed by atoms with Gasteiger partial charge in [0.05, 0.1) is 0 Å². The number of hydrogen-bond donors (Lipinski definition) is 0. The zero-order valence-corrected chi connectivity index (χ0v) is 16.4. The van der Waals surface area contributed by atoms with Crippen molar-refractivity contribution in [3.63, 3.8) is 0 Å². The molecule has 2 amide bonds. The van der Waals surface area contributed by atoms with E-state index in [4.69, 9.17) is 0 Å². The Morgan fingerprint density at radius 1 is 0.821 bits per heavy atom. The minimum Gasteiger partial charge on any atom is -0.339 e. The SMILES string of the molecule is Cc1ccc(CCC(=O)N2CCN(C(=O)CCc3cccc(F)c3)CC2)cc1. The number of piperazine rings is 1. The fourth-order valence-electron chi connectivity index (χ4n) is 3.47. The summed E-state index contributed by atoms with van der Waals surface area (Å²) in [6, 6.07) is 14.6. The molecule has 0 bridgehead atoms. The Hall–Kier alpha value is -2.69. The Labute approximate surface area is 166 Å². The maximum Gasteiger partial charge on any atom is 0.223 e. The van der Waals surface area contributed by atoms with Crippen LogP contribution in [0, 0.1) is 12.7 Å². The van der Waals surface area contributed by atoms with Gasteiger partial charge >= 0.3 is 0 Å². The first-order valence-corrected chi connectivity index (χ1v) is 9.87. The molecule has 0 unspecified atom stereocenters. The Morgan fingerprint density at radius 3 is 1.89 bits per heavy atom. The largest absolute Gasteiger partial charge is 0.339 e. The maximum absolute atomic E-state index is 13.2. The number of halogens is 1. The quantitative estimate of drug-likeness (QED) is 0.769. The molecule has 2 aromatic rings. The number of benzene rings is 2. The van der Waals surface area contributed by atoms with Crippen LogP contribution in [0.25, 0.3) is 0 Å². The van der Waals surface area contributed by atoms with Crippen LogP contribution in [0.3, 0.4) is 0 Å². The first kappa shape index (κ1) is 20.1. The smallest absolute Gasteiger partial charge is 0.223 e. The molecule has 1 aliphatic rings. The Bertz CT molecular complexity index is 812. The van der Waals surface area contributed by atoms with Gasteiger partial charge in [-0.15, -0.1) is 0 Å². The van der Waals surface area contributed by atoms with Gasteiger partial charge in [-0.1, -0.05) is 42.0 Å². The molecule has 0 aliphatic carbocycles. The molecule has 4 nitrogen and oxygen atoms in total. The van der Waals surface area contributed by atoms with E-state index in [2.05, 4.69) is 24.3 Å². The van der Waals surface area contributed by atoms with E-state index in [9.17, 15) is 14.0 Å². The maximum atomic E-state index is 13.2. The van der Waals surface area contributed by atoms with Crippen molar-refractivity contribution < 1.29 is 14.0 Å². The number of hydrogen-bond acceptors (Lipinski definition) is 2. The summed E-state index contributed by atoms with van der Waals surface area (Å²) >= 11 is 0. The second-order valence-corrected chi connectivity index (χ2v) is 7.38. The molecule has 0 aromatic heterocycles. The number of aryl methyl sites for hydroxylation is 3. The van der Waals surface area contributed by atoms with Gasteiger partial charge in [0.2, 0.25) is 11.8 Å². The van der Waals surface area contributed by atoms with Crippen molar-refractivity contribution in [1.29, 1.82) is 0 Å². The second kappa shape index (κ2) is 9.49. The molecular formula is C23H27FN2O2. The number of carbonyl (C=O) groups excluding carboxylic acids is 2. The third-order valence-corrected chi connectivity index (χ3v) is 5.25. The van der Waals surface area contributed by atoms with Gasteiger partial charge in [-0.3, -0.25) is 9.59 Å². The predicted molar refractivity (Wildman–Crippen MR) is 107 cm³/mol. The lowest BCUT2D eigenvalue weighted by Crippen LogP contribution is -2.50. The molecule has 0 spiro atoms. The van der Waals surface area contributed by atoms with Gasteiger partial charge in [-0.05, 0) is 43.0 Å². The predicted octanol–water partition coefficient (Wildman–Crippen LogP) is 3.37. The Balaban J connectivity index is 1.40. The number of nitrogens with zero attached hydrogens (tertiary/aromatic N) is 2. The molecule has 1 fully saturated rings. The molecule has 0 radical (unpaired) electrons. The fraction of sp³-hybridized carbons (Fsp3) is 0.391. The van der Waals surface area contributed by atoms with E-state index in [-0.39, 0.29) is 17.6 Å². The fourth-order valence-corrected chi connectivity index (χ4v) is 3.47. The first-order valence-electron chi connectivity index (χ1n) is 9.87. The lowest BCUT2D eigenvalue weighted by Gasteiger charge is -2.35. The minimum atomic E-state index is -0.275. The molecule has 0 saturated carbocycles. The molecule has 1 heterocycles. The summed E-state index contributed by atoms with van der Waals surface area (Å²) in [4.78, 5) is 28.5.